The average Bonchev–Trinajstić information content (AvgIpc) is 3.50. The molecule has 1 aliphatic rings. The van der Waals surface area contributed by atoms with Crippen molar-refractivity contribution in [3.63, 3.8) is 0 Å². The standard InChI is InChI=1S/C68H57N.C6H6.C2H6/c1-6-8-10-25-47(3)68(58(24-7-2)48(4)50-26-11-9-12-27-50)49(5)57-32-21-22-39-67(57)69(55-42-40-51(41-43-55)65-45-53-28-13-15-33-59(53)61-35-17-19-37-63(61)65)56-31-23-30-52(44-56)66-46-54-29-14-16-34-60(54)62-36-18-20-38-64(62)66;1-2-4-6-5-3-1;1-2/h6-38,40-46,48,67H,1-2,39H2,3-5H3;1-6H;1-2H3/b10-8-,47-25+,58-24-,68-49+;;/t48?,67-;;/m0../s1. The maximum Gasteiger partial charge on any atom is 0.0628 e. The maximum absolute atomic E-state index is 4.24. The fourth-order valence-electron chi connectivity index (χ4n) is 11.1. The van der Waals surface area contributed by atoms with Gasteiger partial charge in [-0.05, 0) is 155 Å². The van der Waals surface area contributed by atoms with Crippen LogP contribution in [0.15, 0.2) is 320 Å². The van der Waals surface area contributed by atoms with Crippen molar-refractivity contribution in [1.82, 2.24) is 0 Å². The number of anilines is 2. The van der Waals surface area contributed by atoms with Crippen molar-refractivity contribution >= 4 is 54.5 Å². The smallest absolute Gasteiger partial charge is 0.0628 e. The van der Waals surface area contributed by atoms with Crippen LogP contribution in [0.25, 0.3) is 65.3 Å². The van der Waals surface area contributed by atoms with Crippen molar-refractivity contribution in [2.24, 2.45) is 0 Å². The van der Waals surface area contributed by atoms with Gasteiger partial charge in [0, 0.05) is 17.3 Å². The van der Waals surface area contributed by atoms with Gasteiger partial charge < -0.3 is 4.90 Å². The van der Waals surface area contributed by atoms with Gasteiger partial charge in [-0.2, -0.15) is 0 Å². The third-order valence-electron chi connectivity index (χ3n) is 14.7. The zero-order valence-corrected chi connectivity index (χ0v) is 45.3. The van der Waals surface area contributed by atoms with Crippen molar-refractivity contribution in [1.29, 1.82) is 0 Å². The molecule has 0 aliphatic heterocycles. The lowest BCUT2D eigenvalue weighted by atomic mass is 9.79. The van der Waals surface area contributed by atoms with E-state index in [0.717, 1.165) is 17.8 Å². The molecule has 0 bridgehead atoms. The molecule has 10 aromatic rings. The molecule has 0 N–H and O–H groups in total. The summed E-state index contributed by atoms with van der Waals surface area (Å²) >= 11 is 0. The molecule has 1 aliphatic carbocycles. The van der Waals surface area contributed by atoms with E-state index in [1.54, 1.807) is 0 Å². The second kappa shape index (κ2) is 25.5. The van der Waals surface area contributed by atoms with Crippen molar-refractivity contribution in [2.75, 3.05) is 4.90 Å². The largest absolute Gasteiger partial charge is 0.334 e. The van der Waals surface area contributed by atoms with Gasteiger partial charge in [-0.15, -0.1) is 0 Å². The molecule has 0 radical (unpaired) electrons. The molecule has 0 fully saturated rings. The molecule has 1 nitrogen and oxygen atoms in total. The molecule has 0 saturated heterocycles. The Kier molecular flexibility index (Phi) is 17.5. The highest BCUT2D eigenvalue weighted by atomic mass is 15.2. The van der Waals surface area contributed by atoms with E-state index in [1.165, 1.54) is 98.8 Å². The van der Waals surface area contributed by atoms with Gasteiger partial charge in [0.25, 0.3) is 0 Å². The van der Waals surface area contributed by atoms with E-state index >= 15 is 0 Å². The highest BCUT2D eigenvalue weighted by molar-refractivity contribution is 6.15. The van der Waals surface area contributed by atoms with E-state index in [1.807, 2.05) is 68.5 Å². The topological polar surface area (TPSA) is 3.24 Å². The maximum atomic E-state index is 4.24. The highest BCUT2D eigenvalue weighted by Gasteiger charge is 2.30. The predicted molar refractivity (Wildman–Crippen MR) is 338 cm³/mol. The average molecular weight is 996 g/mol. The second-order valence-corrected chi connectivity index (χ2v) is 19.3. The first-order valence-electron chi connectivity index (χ1n) is 27.2. The number of rotatable bonds is 13. The molecule has 0 saturated carbocycles. The first-order valence-corrected chi connectivity index (χ1v) is 27.2. The Morgan fingerprint density at radius 2 is 1.01 bits per heavy atom. The summed E-state index contributed by atoms with van der Waals surface area (Å²) in [6.45, 7) is 19.1. The molecule has 77 heavy (non-hydrogen) atoms. The lowest BCUT2D eigenvalue weighted by molar-refractivity contribution is 0.744. The van der Waals surface area contributed by atoms with E-state index < -0.39 is 0 Å². The quantitative estimate of drug-likeness (QED) is 0.0822. The highest BCUT2D eigenvalue weighted by Crippen LogP contribution is 2.44. The van der Waals surface area contributed by atoms with Crippen LogP contribution in [0.1, 0.15) is 52.5 Å². The predicted octanol–water partition coefficient (Wildman–Crippen LogP) is 21.7. The summed E-state index contributed by atoms with van der Waals surface area (Å²) < 4.78 is 0. The van der Waals surface area contributed by atoms with Gasteiger partial charge >= 0.3 is 0 Å². The van der Waals surface area contributed by atoms with E-state index in [-0.39, 0.29) is 12.0 Å². The number of allylic oxidation sites excluding steroid dienone is 11. The van der Waals surface area contributed by atoms with Crippen LogP contribution in [-0.4, -0.2) is 6.04 Å². The number of hydrogen-bond donors (Lipinski definition) is 0. The van der Waals surface area contributed by atoms with Gasteiger partial charge in [0.1, 0.15) is 0 Å². The molecule has 0 aromatic heterocycles. The minimum absolute atomic E-state index is 0.0329. The van der Waals surface area contributed by atoms with E-state index in [4.69, 9.17) is 0 Å². The fraction of sp³-hybridized carbons (Fsp3) is 0.105. The lowest BCUT2D eigenvalue weighted by Crippen LogP contribution is -2.34. The normalized spacial score (nSPS) is 14.2. The molecule has 11 rings (SSSR count). The number of hydrogen-bond acceptors (Lipinski definition) is 1. The zero-order valence-electron chi connectivity index (χ0n) is 45.3. The zero-order chi connectivity index (χ0) is 53.5. The Morgan fingerprint density at radius 3 is 1.58 bits per heavy atom. The van der Waals surface area contributed by atoms with Crippen molar-refractivity contribution in [2.45, 2.75) is 53.0 Å². The van der Waals surface area contributed by atoms with Crippen molar-refractivity contribution in [3.05, 3.63) is 326 Å². The molecule has 0 amide bonds. The molecule has 0 heterocycles. The number of fused-ring (bicyclic) bond motifs is 6. The summed E-state index contributed by atoms with van der Waals surface area (Å²) in [6.07, 6.45) is 20.0. The van der Waals surface area contributed by atoms with Gasteiger partial charge in [-0.1, -0.05) is 277 Å². The van der Waals surface area contributed by atoms with Crippen LogP contribution in [0.4, 0.5) is 11.4 Å². The summed E-state index contributed by atoms with van der Waals surface area (Å²) in [4.78, 5) is 2.58. The van der Waals surface area contributed by atoms with Crippen LogP contribution in [0.2, 0.25) is 0 Å². The Hall–Kier alpha value is -9.04. The Morgan fingerprint density at radius 1 is 0.494 bits per heavy atom. The molecule has 1 unspecified atom stereocenters. The summed E-state index contributed by atoms with van der Waals surface area (Å²) in [5.41, 5.74) is 14.5. The van der Waals surface area contributed by atoms with Gasteiger partial charge in [0.2, 0.25) is 0 Å². The minimum atomic E-state index is -0.0329. The summed E-state index contributed by atoms with van der Waals surface area (Å²) in [6, 6.07) is 81.1. The number of nitrogens with zero attached hydrogens (tertiary/aromatic N) is 1. The van der Waals surface area contributed by atoms with Crippen LogP contribution >= 0.6 is 0 Å². The molecule has 1 heteroatoms. The fourth-order valence-corrected chi connectivity index (χ4v) is 11.1. The third kappa shape index (κ3) is 11.6. The first-order chi connectivity index (χ1) is 37.9. The molecule has 378 valence electrons. The summed E-state index contributed by atoms with van der Waals surface area (Å²) in [5.74, 6) is 0.113. The lowest BCUT2D eigenvalue weighted by Gasteiger charge is -2.38. The minimum Gasteiger partial charge on any atom is -0.334 e. The van der Waals surface area contributed by atoms with Crippen molar-refractivity contribution in [3.8, 4) is 22.3 Å². The van der Waals surface area contributed by atoms with Crippen LogP contribution in [0.5, 0.6) is 0 Å². The Bertz CT molecular complexity index is 3830. The van der Waals surface area contributed by atoms with Crippen LogP contribution in [-0.2, 0) is 0 Å². The van der Waals surface area contributed by atoms with Gasteiger partial charge in [0.15, 0.2) is 0 Å². The third-order valence-corrected chi connectivity index (χ3v) is 14.7. The molecular formula is C76H69N. The van der Waals surface area contributed by atoms with Crippen LogP contribution in [0, 0.1) is 0 Å². The summed E-state index contributed by atoms with van der Waals surface area (Å²) in [7, 11) is 0. The second-order valence-electron chi connectivity index (χ2n) is 19.3. The van der Waals surface area contributed by atoms with Gasteiger partial charge in [-0.3, -0.25) is 0 Å². The molecule has 10 aromatic carbocycles. The molecular weight excluding hydrogens is 927 g/mol. The summed E-state index contributed by atoms with van der Waals surface area (Å²) in [5, 5.41) is 10.1. The monoisotopic (exact) mass is 996 g/mol. The Labute approximate surface area is 457 Å². The van der Waals surface area contributed by atoms with E-state index in [2.05, 4.69) is 263 Å². The van der Waals surface area contributed by atoms with Crippen molar-refractivity contribution < 1.29 is 0 Å². The van der Waals surface area contributed by atoms with Gasteiger partial charge in [-0.25, -0.2) is 0 Å². The van der Waals surface area contributed by atoms with Gasteiger partial charge in [0.05, 0.1) is 6.04 Å². The molecule has 2 atom stereocenters. The number of benzene rings is 10. The Balaban J connectivity index is 0.000000837. The molecule has 0 spiro atoms. The van der Waals surface area contributed by atoms with Crippen LogP contribution in [0.3, 0.4) is 0 Å². The SMILES string of the molecule is C=C\C=C/C=C(C)/C(C(=C\C=C)/C(C)c1ccccc1)=C(/C)C1=CC=CC[C@@H]1N(c1ccc(-c2cc3ccccc3c3ccccc23)cc1)c1cccc(-c2cc3ccccc3c3ccccc23)c1.CC.c1ccccc1. The van der Waals surface area contributed by atoms with E-state index in [0.29, 0.717) is 0 Å². The van der Waals surface area contributed by atoms with Crippen LogP contribution < -0.4 is 4.90 Å². The van der Waals surface area contributed by atoms with E-state index in [9.17, 15) is 0 Å². The first kappa shape index (κ1) is 52.8.